The molecule has 0 aliphatic heterocycles. The van der Waals surface area contributed by atoms with Gasteiger partial charge in [-0.05, 0) is 51.0 Å². The SMILES string of the molecule is CCNS(=O)(=O)c1ccc(C)c(C(=O)OCC(=O)c2[nH]c(C)c(C(C)=O)c2C)c1. The van der Waals surface area contributed by atoms with Gasteiger partial charge >= 0.3 is 5.97 Å². The molecule has 1 aromatic heterocycles. The van der Waals surface area contributed by atoms with E-state index in [4.69, 9.17) is 4.74 Å². The Morgan fingerprint density at radius 2 is 1.79 bits per heavy atom. The van der Waals surface area contributed by atoms with Crippen LogP contribution in [0.25, 0.3) is 0 Å². The highest BCUT2D eigenvalue weighted by Crippen LogP contribution is 2.20. The first-order valence-corrected chi connectivity index (χ1v) is 10.5. The van der Waals surface area contributed by atoms with Gasteiger partial charge in [-0.15, -0.1) is 0 Å². The second kappa shape index (κ2) is 8.71. The number of ketones is 2. The molecule has 2 aromatic rings. The van der Waals surface area contributed by atoms with E-state index in [9.17, 15) is 22.8 Å². The largest absolute Gasteiger partial charge is 0.454 e. The van der Waals surface area contributed by atoms with Gasteiger partial charge in [-0.2, -0.15) is 0 Å². The van der Waals surface area contributed by atoms with Gasteiger partial charge in [0.1, 0.15) is 0 Å². The lowest BCUT2D eigenvalue weighted by Crippen LogP contribution is -2.23. The van der Waals surface area contributed by atoms with Gasteiger partial charge in [0, 0.05) is 17.8 Å². The molecule has 0 saturated heterocycles. The Hall–Kier alpha value is -2.78. The van der Waals surface area contributed by atoms with Crippen LogP contribution in [-0.2, 0) is 14.8 Å². The lowest BCUT2D eigenvalue weighted by Gasteiger charge is -2.10. The number of ether oxygens (including phenoxy) is 1. The van der Waals surface area contributed by atoms with Crippen LogP contribution in [-0.4, -0.2) is 44.1 Å². The smallest absolute Gasteiger partial charge is 0.338 e. The second-order valence-corrected chi connectivity index (χ2v) is 8.43. The molecule has 0 aliphatic carbocycles. The highest BCUT2D eigenvalue weighted by Gasteiger charge is 2.22. The molecule has 1 aromatic carbocycles. The average molecular weight is 420 g/mol. The van der Waals surface area contributed by atoms with Crippen LogP contribution in [0.5, 0.6) is 0 Å². The van der Waals surface area contributed by atoms with Crippen LogP contribution in [0.4, 0.5) is 0 Å². The first-order valence-electron chi connectivity index (χ1n) is 9.00. The number of esters is 1. The fourth-order valence-corrected chi connectivity index (χ4v) is 4.17. The molecule has 2 rings (SSSR count). The highest BCUT2D eigenvalue weighted by atomic mass is 32.2. The van der Waals surface area contributed by atoms with E-state index in [1.165, 1.54) is 25.1 Å². The van der Waals surface area contributed by atoms with E-state index >= 15 is 0 Å². The maximum Gasteiger partial charge on any atom is 0.338 e. The Morgan fingerprint density at radius 3 is 2.34 bits per heavy atom. The Bertz CT molecular complexity index is 1080. The molecular weight excluding hydrogens is 396 g/mol. The van der Waals surface area contributed by atoms with Crippen LogP contribution in [0.15, 0.2) is 23.1 Å². The normalized spacial score (nSPS) is 11.3. The molecule has 0 fully saturated rings. The van der Waals surface area contributed by atoms with Gasteiger partial charge < -0.3 is 9.72 Å². The van der Waals surface area contributed by atoms with Crippen molar-refractivity contribution in [3.05, 3.63) is 51.8 Å². The van der Waals surface area contributed by atoms with E-state index in [1.54, 1.807) is 27.7 Å². The van der Waals surface area contributed by atoms with Crippen LogP contribution < -0.4 is 4.72 Å². The summed E-state index contributed by atoms with van der Waals surface area (Å²) in [5, 5.41) is 0. The number of carbonyl (C=O) groups excluding carboxylic acids is 3. The summed E-state index contributed by atoms with van der Waals surface area (Å²) in [6.07, 6.45) is 0. The zero-order chi connectivity index (χ0) is 21.9. The van der Waals surface area contributed by atoms with E-state index in [0.29, 0.717) is 22.4 Å². The summed E-state index contributed by atoms with van der Waals surface area (Å²) in [5.41, 5.74) is 2.30. The summed E-state index contributed by atoms with van der Waals surface area (Å²) < 4.78 is 31.8. The highest BCUT2D eigenvalue weighted by molar-refractivity contribution is 7.89. The summed E-state index contributed by atoms with van der Waals surface area (Å²) in [6.45, 7) is 7.70. The number of Topliss-reactive ketones (excluding diaryl/α,β-unsaturated/α-hetero) is 2. The molecule has 2 N–H and O–H groups in total. The van der Waals surface area contributed by atoms with E-state index in [1.807, 2.05) is 0 Å². The number of aryl methyl sites for hydroxylation is 2. The molecule has 0 amide bonds. The van der Waals surface area contributed by atoms with Crippen molar-refractivity contribution in [3.8, 4) is 0 Å². The van der Waals surface area contributed by atoms with Crippen molar-refractivity contribution in [3.63, 3.8) is 0 Å². The number of carbonyl (C=O) groups is 3. The number of hydrogen-bond donors (Lipinski definition) is 2. The molecule has 0 aliphatic rings. The van der Waals surface area contributed by atoms with Gasteiger partial charge in [0.25, 0.3) is 0 Å². The van der Waals surface area contributed by atoms with Gasteiger partial charge in [0.05, 0.1) is 16.2 Å². The number of sulfonamides is 1. The van der Waals surface area contributed by atoms with Gasteiger partial charge in [0.2, 0.25) is 15.8 Å². The molecule has 0 atom stereocenters. The molecule has 8 nitrogen and oxygen atoms in total. The zero-order valence-corrected chi connectivity index (χ0v) is 17.8. The number of aromatic nitrogens is 1. The maximum atomic E-state index is 12.5. The minimum atomic E-state index is -3.73. The third-order valence-corrected chi connectivity index (χ3v) is 6.02. The molecule has 29 heavy (non-hydrogen) atoms. The first-order chi connectivity index (χ1) is 13.5. The van der Waals surface area contributed by atoms with Crippen molar-refractivity contribution in [2.75, 3.05) is 13.2 Å². The van der Waals surface area contributed by atoms with E-state index < -0.39 is 28.4 Å². The van der Waals surface area contributed by atoms with Crippen molar-refractivity contribution in [1.29, 1.82) is 0 Å². The fraction of sp³-hybridized carbons (Fsp3) is 0.350. The molecule has 156 valence electrons. The molecule has 1 heterocycles. The van der Waals surface area contributed by atoms with Crippen molar-refractivity contribution in [1.82, 2.24) is 9.71 Å². The molecule has 9 heteroatoms. The minimum Gasteiger partial charge on any atom is -0.454 e. The third kappa shape index (κ3) is 4.80. The molecule has 0 spiro atoms. The van der Waals surface area contributed by atoms with Crippen molar-refractivity contribution in [2.45, 2.75) is 39.5 Å². The number of H-pyrrole nitrogens is 1. The second-order valence-electron chi connectivity index (χ2n) is 6.66. The molecule has 0 unspecified atom stereocenters. The van der Waals surface area contributed by atoms with E-state index in [2.05, 4.69) is 9.71 Å². The Morgan fingerprint density at radius 1 is 1.14 bits per heavy atom. The van der Waals surface area contributed by atoms with Crippen molar-refractivity contribution >= 4 is 27.6 Å². The van der Waals surface area contributed by atoms with Crippen LogP contribution in [0.3, 0.4) is 0 Å². The summed E-state index contributed by atoms with van der Waals surface area (Å²) in [6, 6.07) is 4.11. The fourth-order valence-electron chi connectivity index (χ4n) is 3.10. The number of nitrogens with one attached hydrogen (secondary N) is 2. The lowest BCUT2D eigenvalue weighted by molar-refractivity contribution is 0.0472. The van der Waals surface area contributed by atoms with Crippen LogP contribution in [0.1, 0.15) is 61.9 Å². The number of aromatic amines is 1. The summed E-state index contributed by atoms with van der Waals surface area (Å²) in [7, 11) is -3.73. The number of hydrogen-bond acceptors (Lipinski definition) is 6. The monoisotopic (exact) mass is 420 g/mol. The summed E-state index contributed by atoms with van der Waals surface area (Å²) in [4.78, 5) is 39.4. The van der Waals surface area contributed by atoms with Crippen LogP contribution in [0, 0.1) is 20.8 Å². The predicted octanol–water partition coefficient (Wildman–Crippen LogP) is 2.48. The Kier molecular flexibility index (Phi) is 6.76. The van der Waals surface area contributed by atoms with Gasteiger partial charge in [0.15, 0.2) is 12.4 Å². The van der Waals surface area contributed by atoms with Crippen LogP contribution >= 0.6 is 0 Å². The third-order valence-electron chi connectivity index (χ3n) is 4.48. The Balaban J connectivity index is 2.21. The maximum absolute atomic E-state index is 12.5. The van der Waals surface area contributed by atoms with Crippen molar-refractivity contribution < 1.29 is 27.5 Å². The van der Waals surface area contributed by atoms with Gasteiger partial charge in [-0.1, -0.05) is 13.0 Å². The summed E-state index contributed by atoms with van der Waals surface area (Å²) in [5.74, 6) is -1.46. The zero-order valence-electron chi connectivity index (χ0n) is 17.0. The standard InChI is InChI=1S/C20H24N2O6S/c1-6-21-29(26,27)15-8-7-11(2)16(9-15)20(25)28-10-17(24)19-12(3)18(14(5)23)13(4)22-19/h7-9,21-22H,6,10H2,1-5H3. The van der Waals surface area contributed by atoms with Crippen molar-refractivity contribution in [2.24, 2.45) is 0 Å². The lowest BCUT2D eigenvalue weighted by atomic mass is 10.1. The number of benzene rings is 1. The molecule has 0 radical (unpaired) electrons. The molecule has 0 bridgehead atoms. The number of rotatable bonds is 8. The molecule has 0 saturated carbocycles. The first kappa shape index (κ1) is 22.5. The summed E-state index contributed by atoms with van der Waals surface area (Å²) >= 11 is 0. The van der Waals surface area contributed by atoms with Gasteiger partial charge in [-0.3, -0.25) is 9.59 Å². The van der Waals surface area contributed by atoms with E-state index in [0.717, 1.165) is 0 Å². The Labute approximate surface area is 169 Å². The molecular formula is C20H24N2O6S. The van der Waals surface area contributed by atoms with E-state index in [-0.39, 0.29) is 28.5 Å². The topological polar surface area (TPSA) is 122 Å². The van der Waals surface area contributed by atoms with Gasteiger partial charge in [-0.25, -0.2) is 17.9 Å². The predicted molar refractivity (Wildman–Crippen MR) is 107 cm³/mol. The van der Waals surface area contributed by atoms with Crippen LogP contribution in [0.2, 0.25) is 0 Å². The quantitative estimate of drug-likeness (QED) is 0.500. The average Bonchev–Trinajstić information content (AvgIpc) is 2.94. The minimum absolute atomic E-state index is 0.0561.